The van der Waals surface area contributed by atoms with Crippen molar-refractivity contribution in [2.24, 2.45) is 0 Å². The van der Waals surface area contributed by atoms with Gasteiger partial charge in [-0.2, -0.15) is 0 Å². The molecule has 1 aliphatic rings. The van der Waals surface area contributed by atoms with Crippen LogP contribution in [-0.4, -0.2) is 35.5 Å². The Morgan fingerprint density at radius 1 is 0.821 bits per heavy atom. The summed E-state index contributed by atoms with van der Waals surface area (Å²) in [4.78, 5) is 55.5. The number of nitrogens with one attached hydrogen (secondary N) is 3. The number of hydrogen-bond donors (Lipinski definition) is 3. The minimum atomic E-state index is -0.527. The lowest BCUT2D eigenvalue weighted by atomic mass is 9.96. The third-order valence-corrected chi connectivity index (χ3v) is 11.4. The molecule has 0 saturated carbocycles. The van der Waals surface area contributed by atoms with Crippen molar-refractivity contribution in [3.63, 3.8) is 0 Å². The first-order valence-corrected chi connectivity index (χ1v) is 20.5. The van der Waals surface area contributed by atoms with Crippen LogP contribution in [0.25, 0.3) is 6.08 Å². The van der Waals surface area contributed by atoms with Crippen LogP contribution in [0, 0.1) is 0 Å². The number of esters is 1. The summed E-state index contributed by atoms with van der Waals surface area (Å²) in [6.45, 7) is 4.26. The second-order valence-corrected chi connectivity index (χ2v) is 15.8. The number of carbonyl (C=O) groups excluding carboxylic acids is 4. The molecule has 3 N–H and O–H groups in total. The molecular formula is C45H45N3O6S2. The SMILES string of the molecule is CCOC(=O)c1c(NC(=O)C(C)Sc2cccc(NC(=O)/C(=C\c3ccc(OCc4ccccc4)cc3)NC(=O)c3ccccc3)c2)sc2c1CCCCCC2. The molecule has 0 radical (unpaired) electrons. The van der Waals surface area contributed by atoms with Crippen molar-refractivity contribution in [2.75, 3.05) is 17.2 Å². The number of thiophene rings is 1. The fourth-order valence-electron chi connectivity index (χ4n) is 6.25. The summed E-state index contributed by atoms with van der Waals surface area (Å²) < 4.78 is 11.3. The molecule has 0 fully saturated rings. The zero-order chi connectivity index (χ0) is 39.3. The molecule has 6 rings (SSSR count). The Morgan fingerprint density at radius 2 is 1.54 bits per heavy atom. The fraction of sp³-hybridized carbons (Fsp3) is 0.244. The number of thioether (sulfide) groups is 1. The normalized spacial score (nSPS) is 13.3. The predicted octanol–water partition coefficient (Wildman–Crippen LogP) is 9.69. The minimum Gasteiger partial charge on any atom is -0.489 e. The highest BCUT2D eigenvalue weighted by atomic mass is 32.2. The second kappa shape index (κ2) is 19.8. The number of rotatable bonds is 14. The molecule has 0 aliphatic heterocycles. The van der Waals surface area contributed by atoms with Crippen molar-refractivity contribution in [1.82, 2.24) is 5.32 Å². The van der Waals surface area contributed by atoms with E-state index in [-0.39, 0.29) is 18.2 Å². The van der Waals surface area contributed by atoms with Gasteiger partial charge < -0.3 is 25.4 Å². The number of hydrogen-bond acceptors (Lipinski definition) is 8. The highest BCUT2D eigenvalue weighted by Crippen LogP contribution is 2.38. The second-order valence-electron chi connectivity index (χ2n) is 13.3. The van der Waals surface area contributed by atoms with Gasteiger partial charge in [0.15, 0.2) is 0 Å². The Balaban J connectivity index is 1.15. The van der Waals surface area contributed by atoms with Crippen LogP contribution in [0.1, 0.15) is 81.8 Å². The van der Waals surface area contributed by atoms with Crippen LogP contribution in [0.4, 0.5) is 10.7 Å². The van der Waals surface area contributed by atoms with E-state index in [4.69, 9.17) is 9.47 Å². The topological polar surface area (TPSA) is 123 Å². The summed E-state index contributed by atoms with van der Waals surface area (Å²) in [5, 5.41) is 8.74. The monoisotopic (exact) mass is 787 g/mol. The Morgan fingerprint density at radius 3 is 2.27 bits per heavy atom. The van der Waals surface area contributed by atoms with E-state index in [1.165, 1.54) is 23.1 Å². The van der Waals surface area contributed by atoms with Crippen LogP contribution < -0.4 is 20.7 Å². The van der Waals surface area contributed by atoms with E-state index in [1.54, 1.807) is 62.4 Å². The summed E-state index contributed by atoms with van der Waals surface area (Å²) in [6.07, 6.45) is 7.61. The number of anilines is 2. The average molecular weight is 788 g/mol. The average Bonchev–Trinajstić information content (AvgIpc) is 3.53. The first kappa shape index (κ1) is 40.0. The van der Waals surface area contributed by atoms with E-state index >= 15 is 0 Å². The van der Waals surface area contributed by atoms with Crippen LogP contribution in [-0.2, 0) is 33.8 Å². The lowest BCUT2D eigenvalue weighted by Gasteiger charge is -2.14. The molecule has 288 valence electrons. The molecule has 1 unspecified atom stereocenters. The van der Waals surface area contributed by atoms with E-state index in [1.807, 2.05) is 66.7 Å². The van der Waals surface area contributed by atoms with Gasteiger partial charge in [-0.15, -0.1) is 23.1 Å². The highest BCUT2D eigenvalue weighted by Gasteiger charge is 2.27. The summed E-state index contributed by atoms with van der Waals surface area (Å²) in [5.41, 5.74) is 4.16. The largest absolute Gasteiger partial charge is 0.489 e. The zero-order valence-corrected chi connectivity index (χ0v) is 33.1. The molecule has 0 saturated heterocycles. The molecule has 1 atom stereocenters. The summed E-state index contributed by atoms with van der Waals surface area (Å²) in [7, 11) is 0. The van der Waals surface area contributed by atoms with Crippen molar-refractivity contribution in [1.29, 1.82) is 0 Å². The van der Waals surface area contributed by atoms with Gasteiger partial charge in [-0.25, -0.2) is 4.79 Å². The molecule has 3 amide bonds. The Bertz CT molecular complexity index is 2170. The summed E-state index contributed by atoms with van der Waals surface area (Å²) in [5.74, 6) is -0.922. The first-order valence-electron chi connectivity index (χ1n) is 18.8. The third kappa shape index (κ3) is 11.0. The Kier molecular flexibility index (Phi) is 14.1. The molecule has 4 aromatic carbocycles. The third-order valence-electron chi connectivity index (χ3n) is 9.13. The maximum Gasteiger partial charge on any atom is 0.341 e. The molecule has 1 aliphatic carbocycles. The van der Waals surface area contributed by atoms with Gasteiger partial charge in [-0.1, -0.05) is 79.6 Å². The van der Waals surface area contributed by atoms with Gasteiger partial charge in [0.2, 0.25) is 5.91 Å². The molecule has 0 spiro atoms. The number of amides is 3. The molecule has 0 bridgehead atoms. The maximum absolute atomic E-state index is 13.8. The van der Waals surface area contributed by atoms with Gasteiger partial charge in [0.1, 0.15) is 23.1 Å². The van der Waals surface area contributed by atoms with E-state index in [0.717, 1.165) is 59.4 Å². The smallest absolute Gasteiger partial charge is 0.341 e. The number of aryl methyl sites for hydroxylation is 1. The standard InChI is InChI=1S/C45H45N3O6S2/c1-3-53-45(52)40-37-21-12-4-5-13-22-39(37)56-44(40)48-41(49)30(2)55-36-20-14-19-34(28-36)46-43(51)38(47-42(50)33-17-10-7-11-18-33)27-31-23-25-35(26-24-31)54-29-32-15-8-6-9-16-32/h6-11,14-20,23-28,30H,3-5,12-13,21-22,29H2,1-2H3,(H,46,51)(H,47,50)(H,48,49)/b38-27+. The lowest BCUT2D eigenvalue weighted by Crippen LogP contribution is -2.30. The van der Waals surface area contributed by atoms with Gasteiger partial charge in [-0.3, -0.25) is 14.4 Å². The van der Waals surface area contributed by atoms with Crippen molar-refractivity contribution in [3.05, 3.63) is 148 Å². The van der Waals surface area contributed by atoms with E-state index in [0.29, 0.717) is 39.7 Å². The van der Waals surface area contributed by atoms with Gasteiger partial charge in [0.05, 0.1) is 17.4 Å². The van der Waals surface area contributed by atoms with E-state index in [9.17, 15) is 19.2 Å². The van der Waals surface area contributed by atoms with Crippen LogP contribution in [0.15, 0.2) is 120 Å². The molecule has 11 heteroatoms. The quantitative estimate of drug-likeness (QED) is 0.0582. The van der Waals surface area contributed by atoms with Crippen LogP contribution in [0.5, 0.6) is 5.75 Å². The maximum atomic E-state index is 13.8. The van der Waals surface area contributed by atoms with Crippen LogP contribution in [0.3, 0.4) is 0 Å². The van der Waals surface area contributed by atoms with Gasteiger partial charge >= 0.3 is 5.97 Å². The Hall–Kier alpha value is -5.65. The van der Waals surface area contributed by atoms with Gasteiger partial charge in [0.25, 0.3) is 11.8 Å². The lowest BCUT2D eigenvalue weighted by molar-refractivity contribution is -0.115. The van der Waals surface area contributed by atoms with Crippen molar-refractivity contribution < 1.29 is 28.7 Å². The number of fused-ring (bicyclic) bond motifs is 1. The molecule has 1 aromatic heterocycles. The van der Waals surface area contributed by atoms with E-state index < -0.39 is 23.0 Å². The van der Waals surface area contributed by atoms with Crippen LogP contribution in [0.2, 0.25) is 0 Å². The zero-order valence-electron chi connectivity index (χ0n) is 31.5. The van der Waals surface area contributed by atoms with Gasteiger partial charge in [0, 0.05) is 21.0 Å². The molecular weight excluding hydrogens is 743 g/mol. The van der Waals surface area contributed by atoms with Crippen molar-refractivity contribution >= 4 is 63.6 Å². The predicted molar refractivity (Wildman–Crippen MR) is 224 cm³/mol. The Labute approximate surface area is 335 Å². The summed E-state index contributed by atoms with van der Waals surface area (Å²) >= 11 is 2.81. The fourth-order valence-corrected chi connectivity index (χ4v) is 8.46. The summed E-state index contributed by atoms with van der Waals surface area (Å²) in [6, 6.07) is 33.0. The number of ether oxygens (including phenoxy) is 2. The molecule has 56 heavy (non-hydrogen) atoms. The molecule has 9 nitrogen and oxygen atoms in total. The van der Waals surface area contributed by atoms with E-state index in [2.05, 4.69) is 16.0 Å². The molecule has 5 aromatic rings. The minimum absolute atomic E-state index is 0.0464. The van der Waals surface area contributed by atoms with Crippen molar-refractivity contribution in [2.45, 2.75) is 69.1 Å². The van der Waals surface area contributed by atoms with Gasteiger partial charge in [-0.05, 0) is 105 Å². The number of carbonyl (C=O) groups is 4. The first-order chi connectivity index (χ1) is 27.3. The highest BCUT2D eigenvalue weighted by molar-refractivity contribution is 8.00. The van der Waals surface area contributed by atoms with Crippen molar-refractivity contribution in [3.8, 4) is 5.75 Å². The van der Waals surface area contributed by atoms with Crippen LogP contribution >= 0.6 is 23.1 Å². The molecule has 1 heterocycles. The number of benzene rings is 4.